The van der Waals surface area contributed by atoms with E-state index < -0.39 is 0 Å². The number of hydrogen-bond donors (Lipinski definition) is 2. The van der Waals surface area contributed by atoms with Crippen molar-refractivity contribution in [3.63, 3.8) is 0 Å². The second-order valence-corrected chi connectivity index (χ2v) is 2.41. The standard InChI is InChI=1S/C8H10O4/c1-6(11-9)7-2-4-8(12-10)5-3-7/h2-6,9-10H,1H3. The minimum Gasteiger partial charge on any atom is -0.340 e. The van der Waals surface area contributed by atoms with Gasteiger partial charge in [-0.2, -0.15) is 0 Å². The largest absolute Gasteiger partial charge is 0.340 e. The van der Waals surface area contributed by atoms with Crippen molar-refractivity contribution < 1.29 is 20.3 Å². The third-order valence-electron chi connectivity index (χ3n) is 1.61. The van der Waals surface area contributed by atoms with E-state index >= 15 is 0 Å². The fraction of sp³-hybridized carbons (Fsp3) is 0.250. The third-order valence-corrected chi connectivity index (χ3v) is 1.61. The van der Waals surface area contributed by atoms with E-state index in [-0.39, 0.29) is 6.10 Å². The van der Waals surface area contributed by atoms with E-state index in [4.69, 9.17) is 10.5 Å². The Morgan fingerprint density at radius 2 is 1.75 bits per heavy atom. The predicted octanol–water partition coefficient (Wildman–Crippen LogP) is 2.09. The predicted molar refractivity (Wildman–Crippen MR) is 41.8 cm³/mol. The second kappa shape index (κ2) is 4.06. The molecule has 0 bridgehead atoms. The van der Waals surface area contributed by atoms with Gasteiger partial charge >= 0.3 is 0 Å². The average Bonchev–Trinajstić information content (AvgIpc) is 2.17. The molecule has 4 nitrogen and oxygen atoms in total. The number of rotatable bonds is 3. The lowest BCUT2D eigenvalue weighted by Gasteiger charge is -2.06. The zero-order valence-electron chi connectivity index (χ0n) is 6.60. The van der Waals surface area contributed by atoms with Crippen molar-refractivity contribution in [2.75, 3.05) is 0 Å². The molecule has 12 heavy (non-hydrogen) atoms. The van der Waals surface area contributed by atoms with Crippen LogP contribution in [0.5, 0.6) is 5.75 Å². The smallest absolute Gasteiger partial charge is 0.165 e. The van der Waals surface area contributed by atoms with Gasteiger partial charge in [0.1, 0.15) is 6.10 Å². The molecule has 0 amide bonds. The Labute approximate surface area is 69.8 Å². The molecule has 0 saturated heterocycles. The van der Waals surface area contributed by atoms with E-state index in [2.05, 4.69) is 9.78 Å². The van der Waals surface area contributed by atoms with Crippen molar-refractivity contribution in [2.24, 2.45) is 0 Å². The summed E-state index contributed by atoms with van der Waals surface area (Å²) in [5, 5.41) is 16.6. The Kier molecular flexibility index (Phi) is 3.04. The molecule has 0 radical (unpaired) electrons. The van der Waals surface area contributed by atoms with Gasteiger partial charge in [0.05, 0.1) is 0 Å². The van der Waals surface area contributed by atoms with Gasteiger partial charge in [-0.15, -0.1) is 0 Å². The minimum atomic E-state index is -0.377. The van der Waals surface area contributed by atoms with Crippen LogP contribution >= 0.6 is 0 Å². The van der Waals surface area contributed by atoms with E-state index in [1.165, 1.54) is 0 Å². The fourth-order valence-electron chi connectivity index (χ4n) is 0.861. The van der Waals surface area contributed by atoms with Gasteiger partial charge in [0.2, 0.25) is 0 Å². The lowest BCUT2D eigenvalue weighted by Crippen LogP contribution is -1.95. The van der Waals surface area contributed by atoms with Crippen LogP contribution in [-0.2, 0) is 4.89 Å². The molecule has 1 aromatic carbocycles. The molecule has 1 unspecified atom stereocenters. The summed E-state index contributed by atoms with van der Waals surface area (Å²) < 4.78 is 0. The maximum absolute atomic E-state index is 8.33. The zero-order chi connectivity index (χ0) is 8.97. The Balaban J connectivity index is 2.77. The molecule has 0 aliphatic carbocycles. The third kappa shape index (κ3) is 1.94. The van der Waals surface area contributed by atoms with Crippen LogP contribution in [0.3, 0.4) is 0 Å². The van der Waals surface area contributed by atoms with Crippen molar-refractivity contribution in [2.45, 2.75) is 13.0 Å². The molecule has 4 heteroatoms. The van der Waals surface area contributed by atoms with Crippen molar-refractivity contribution in [1.29, 1.82) is 0 Å². The first-order chi connectivity index (χ1) is 5.77. The summed E-state index contributed by atoms with van der Waals surface area (Å²) in [6.45, 7) is 1.70. The van der Waals surface area contributed by atoms with Crippen LogP contribution in [0.4, 0.5) is 0 Å². The Morgan fingerprint density at radius 3 is 2.17 bits per heavy atom. The maximum Gasteiger partial charge on any atom is 0.165 e. The molecule has 0 spiro atoms. The molecule has 2 N–H and O–H groups in total. The van der Waals surface area contributed by atoms with Gasteiger partial charge in [-0.1, -0.05) is 12.1 Å². The fourth-order valence-corrected chi connectivity index (χ4v) is 0.861. The topological polar surface area (TPSA) is 58.9 Å². The van der Waals surface area contributed by atoms with E-state index in [9.17, 15) is 0 Å². The summed E-state index contributed by atoms with van der Waals surface area (Å²) in [5.74, 6) is 0.351. The van der Waals surface area contributed by atoms with Crippen LogP contribution in [0.2, 0.25) is 0 Å². The van der Waals surface area contributed by atoms with Crippen LogP contribution in [0.15, 0.2) is 24.3 Å². The monoisotopic (exact) mass is 170 g/mol. The van der Waals surface area contributed by atoms with Crippen LogP contribution in [0, 0.1) is 0 Å². The molecule has 0 aliphatic rings. The summed E-state index contributed by atoms with van der Waals surface area (Å²) >= 11 is 0. The second-order valence-electron chi connectivity index (χ2n) is 2.41. The molecule has 0 fully saturated rings. The summed E-state index contributed by atoms with van der Waals surface area (Å²) in [7, 11) is 0. The molecule has 0 saturated carbocycles. The normalized spacial score (nSPS) is 12.6. The molecule has 66 valence electrons. The summed E-state index contributed by atoms with van der Waals surface area (Å²) in [6.07, 6.45) is -0.377. The van der Waals surface area contributed by atoms with Crippen molar-refractivity contribution >= 4 is 0 Å². The minimum absolute atomic E-state index is 0.351. The summed E-state index contributed by atoms with van der Waals surface area (Å²) in [5.41, 5.74) is 0.804. The van der Waals surface area contributed by atoms with Crippen molar-refractivity contribution in [3.8, 4) is 5.75 Å². The highest BCUT2D eigenvalue weighted by atomic mass is 17.1. The lowest BCUT2D eigenvalue weighted by atomic mass is 10.1. The first kappa shape index (κ1) is 8.99. The molecule has 0 aliphatic heterocycles. The van der Waals surface area contributed by atoms with Gasteiger partial charge < -0.3 is 4.89 Å². The number of benzene rings is 1. The summed E-state index contributed by atoms with van der Waals surface area (Å²) in [4.78, 5) is 8.09. The molecule has 1 aromatic rings. The van der Waals surface area contributed by atoms with E-state index in [0.717, 1.165) is 5.56 Å². The Morgan fingerprint density at radius 1 is 1.17 bits per heavy atom. The van der Waals surface area contributed by atoms with E-state index in [1.807, 2.05) is 0 Å². The van der Waals surface area contributed by atoms with E-state index in [1.54, 1.807) is 31.2 Å². The highest BCUT2D eigenvalue weighted by molar-refractivity contribution is 5.27. The van der Waals surface area contributed by atoms with Crippen LogP contribution < -0.4 is 4.89 Å². The lowest BCUT2D eigenvalue weighted by molar-refractivity contribution is -0.277. The highest BCUT2D eigenvalue weighted by Crippen LogP contribution is 2.18. The van der Waals surface area contributed by atoms with Gasteiger partial charge in [0.15, 0.2) is 5.75 Å². The molecule has 0 aromatic heterocycles. The average molecular weight is 170 g/mol. The number of hydrogen-bond acceptors (Lipinski definition) is 4. The molecule has 0 heterocycles. The SMILES string of the molecule is CC(OO)c1ccc(OO)cc1. The quantitative estimate of drug-likeness (QED) is 0.538. The van der Waals surface area contributed by atoms with Crippen LogP contribution in [-0.4, -0.2) is 10.5 Å². The maximum atomic E-state index is 8.33. The van der Waals surface area contributed by atoms with Crippen molar-refractivity contribution in [3.05, 3.63) is 29.8 Å². The first-order valence-corrected chi connectivity index (χ1v) is 3.49. The van der Waals surface area contributed by atoms with Gasteiger partial charge in [-0.3, -0.25) is 5.26 Å². The Hall–Kier alpha value is -1.10. The first-order valence-electron chi connectivity index (χ1n) is 3.49. The Bertz CT molecular complexity index is 231. The van der Waals surface area contributed by atoms with Gasteiger partial charge in [-0.25, -0.2) is 10.1 Å². The van der Waals surface area contributed by atoms with Crippen LogP contribution in [0.25, 0.3) is 0 Å². The van der Waals surface area contributed by atoms with Gasteiger partial charge in [-0.05, 0) is 24.6 Å². The van der Waals surface area contributed by atoms with Crippen molar-refractivity contribution in [1.82, 2.24) is 0 Å². The highest BCUT2D eigenvalue weighted by Gasteiger charge is 2.04. The molecular formula is C8H10O4. The van der Waals surface area contributed by atoms with Gasteiger partial charge in [0, 0.05) is 0 Å². The van der Waals surface area contributed by atoms with Crippen LogP contribution in [0.1, 0.15) is 18.6 Å². The summed E-state index contributed by atoms with van der Waals surface area (Å²) in [6, 6.07) is 6.52. The van der Waals surface area contributed by atoms with E-state index in [0.29, 0.717) is 5.75 Å². The van der Waals surface area contributed by atoms with Gasteiger partial charge in [0.25, 0.3) is 0 Å². The molecule has 1 atom stereocenters. The zero-order valence-corrected chi connectivity index (χ0v) is 6.60. The molecule has 1 rings (SSSR count). The molecular weight excluding hydrogens is 160 g/mol.